The predicted octanol–water partition coefficient (Wildman–Crippen LogP) is 12.2. The van der Waals surface area contributed by atoms with Crippen molar-refractivity contribution in [2.45, 2.75) is 12.4 Å². The van der Waals surface area contributed by atoms with Crippen LogP contribution in [0.4, 0.5) is 61.5 Å². The average molecular weight is 684 g/mol. The third-order valence-corrected chi connectivity index (χ3v) is 8.29. The molecule has 0 fully saturated rings. The molecule has 0 aliphatic heterocycles. The molecule has 0 spiro atoms. The van der Waals surface area contributed by atoms with Gasteiger partial charge in [-0.1, -0.05) is 60.7 Å². The summed E-state index contributed by atoms with van der Waals surface area (Å²) < 4.78 is 198. The maximum atomic E-state index is 15.1. The highest BCUT2D eigenvalue weighted by molar-refractivity contribution is 6.35. The fourth-order valence-corrected chi connectivity index (χ4v) is 6.38. The molecule has 0 amide bonds. The molecule has 0 N–H and O–H groups in total. The fraction of sp³-hybridized carbons (Fsp3) is 0.0588. The number of fused-ring (bicyclic) bond motifs is 2. The van der Waals surface area contributed by atoms with Crippen molar-refractivity contribution in [2.24, 2.45) is 0 Å². The molecule has 0 aromatic heterocycles. The van der Waals surface area contributed by atoms with Crippen LogP contribution in [0.1, 0.15) is 11.1 Å². The molecule has 244 valence electrons. The normalized spacial score (nSPS) is 12.8. The number of hydrogen-bond acceptors (Lipinski definition) is 0. The Morgan fingerprint density at radius 3 is 0.875 bits per heavy atom. The van der Waals surface area contributed by atoms with Crippen LogP contribution in [0.3, 0.4) is 0 Å². The van der Waals surface area contributed by atoms with Crippen LogP contribution < -0.4 is 0 Å². The van der Waals surface area contributed by atoms with Crippen LogP contribution in [-0.2, 0) is 12.4 Å². The maximum Gasteiger partial charge on any atom is 0.422 e. The van der Waals surface area contributed by atoms with Gasteiger partial charge < -0.3 is 0 Å². The highest BCUT2D eigenvalue weighted by Crippen LogP contribution is 2.48. The van der Waals surface area contributed by atoms with Crippen LogP contribution in [0, 0.1) is 46.5 Å². The second-order valence-corrected chi connectivity index (χ2v) is 10.8. The Bertz CT molecular complexity index is 2250. The van der Waals surface area contributed by atoms with Gasteiger partial charge in [0.1, 0.15) is 11.1 Å². The summed E-state index contributed by atoms with van der Waals surface area (Å²) in [7, 11) is 0. The van der Waals surface area contributed by atoms with Gasteiger partial charge in [-0.05, 0) is 54.2 Å². The molecule has 0 bridgehead atoms. The molecule has 0 nitrogen and oxygen atoms in total. The van der Waals surface area contributed by atoms with E-state index in [-0.39, 0.29) is 43.1 Å². The first kappa shape index (κ1) is 31.5. The molecular weight excluding hydrogens is 674 g/mol. The van der Waals surface area contributed by atoms with E-state index in [1.54, 1.807) is 0 Å². The zero-order chi connectivity index (χ0) is 34.8. The molecule has 0 aliphatic rings. The summed E-state index contributed by atoms with van der Waals surface area (Å²) in [4.78, 5) is 0. The largest absolute Gasteiger partial charge is 0.422 e. The van der Waals surface area contributed by atoms with Crippen molar-refractivity contribution in [3.05, 3.63) is 118 Å². The third kappa shape index (κ3) is 4.16. The molecule has 7 aromatic rings. The smallest absolute Gasteiger partial charge is 0.203 e. The van der Waals surface area contributed by atoms with E-state index in [4.69, 9.17) is 0 Å². The molecule has 7 rings (SSSR count). The Kier molecular flexibility index (Phi) is 6.67. The Balaban J connectivity index is 1.57. The predicted molar refractivity (Wildman–Crippen MR) is 148 cm³/mol. The van der Waals surface area contributed by atoms with Crippen molar-refractivity contribution in [2.75, 3.05) is 0 Å². The van der Waals surface area contributed by atoms with E-state index in [2.05, 4.69) is 0 Å². The van der Waals surface area contributed by atoms with Crippen molar-refractivity contribution in [1.82, 2.24) is 0 Å². The van der Waals surface area contributed by atoms with E-state index in [1.807, 2.05) is 0 Å². The van der Waals surface area contributed by atoms with E-state index >= 15 is 17.6 Å². The summed E-state index contributed by atoms with van der Waals surface area (Å²) >= 11 is 0. The highest BCUT2D eigenvalue weighted by atomic mass is 19.4. The summed E-state index contributed by atoms with van der Waals surface area (Å²) in [5.74, 6) is -19.8. The Hall–Kier alpha value is -5.14. The van der Waals surface area contributed by atoms with Gasteiger partial charge in [-0.2, -0.15) is 26.3 Å². The summed E-state index contributed by atoms with van der Waals surface area (Å²) in [5, 5.41) is 1.22. The van der Waals surface area contributed by atoms with Gasteiger partial charge in [0.2, 0.25) is 0 Å². The minimum Gasteiger partial charge on any atom is -0.203 e. The summed E-state index contributed by atoms with van der Waals surface area (Å²) in [5.41, 5.74) is -9.38. The molecule has 14 heteroatoms. The van der Waals surface area contributed by atoms with Crippen molar-refractivity contribution < 1.29 is 61.5 Å². The summed E-state index contributed by atoms with van der Waals surface area (Å²) in [6.45, 7) is 0. The molecule has 0 saturated heterocycles. The van der Waals surface area contributed by atoms with Crippen LogP contribution in [0.2, 0.25) is 0 Å². The minimum absolute atomic E-state index is 0.0722. The van der Waals surface area contributed by atoms with Crippen LogP contribution in [-0.4, -0.2) is 0 Å². The number of halogens is 14. The van der Waals surface area contributed by atoms with Crippen molar-refractivity contribution in [1.29, 1.82) is 0 Å². The molecule has 48 heavy (non-hydrogen) atoms. The number of hydrogen-bond donors (Lipinski definition) is 0. The third-order valence-electron chi connectivity index (χ3n) is 8.29. The maximum absolute atomic E-state index is 15.1. The van der Waals surface area contributed by atoms with Gasteiger partial charge in [-0.25, -0.2) is 35.1 Å². The zero-order valence-corrected chi connectivity index (χ0v) is 23.1. The standard InChI is InChI=1S/C34H10F14/c35-25-21(26(36)30(40)23(29(25)39)33(43,44)45)17-9-7-15-16-8-10-18(22-27(37)31(41)24(34(46,47)48)32(42)28(22)38)14-6-2-4-12(20(14)16)11-3-1-5-13(17)19(11)15/h1-10H. The van der Waals surface area contributed by atoms with Crippen molar-refractivity contribution in [3.63, 3.8) is 0 Å². The minimum atomic E-state index is -5.76. The van der Waals surface area contributed by atoms with Gasteiger partial charge in [0.05, 0.1) is 11.1 Å². The Morgan fingerprint density at radius 1 is 0.312 bits per heavy atom. The van der Waals surface area contributed by atoms with Gasteiger partial charge in [-0.3, -0.25) is 0 Å². The number of rotatable bonds is 2. The van der Waals surface area contributed by atoms with Gasteiger partial charge in [0.25, 0.3) is 0 Å². The second-order valence-electron chi connectivity index (χ2n) is 10.8. The molecule has 0 saturated carbocycles. The lowest BCUT2D eigenvalue weighted by Gasteiger charge is -2.20. The van der Waals surface area contributed by atoms with Gasteiger partial charge in [0, 0.05) is 0 Å². The number of benzene rings is 7. The Morgan fingerprint density at radius 2 is 0.583 bits per heavy atom. The average Bonchev–Trinajstić information content (AvgIpc) is 3.01. The molecule has 0 atom stereocenters. The van der Waals surface area contributed by atoms with E-state index < -0.39 is 92.3 Å². The monoisotopic (exact) mass is 684 g/mol. The first-order valence-corrected chi connectivity index (χ1v) is 13.5. The number of alkyl halides is 6. The SMILES string of the molecule is Fc1c(F)c(C(F)(F)F)c(F)c(F)c1-c1ccc2c3ccc(-c4c(F)c(F)c(C(F)(F)F)c(F)c4F)c4cccc(c5cccc1c52)c43. The van der Waals surface area contributed by atoms with Gasteiger partial charge in [-0.15, -0.1) is 0 Å². The molecule has 0 heterocycles. The quantitative estimate of drug-likeness (QED) is 0.0736. The van der Waals surface area contributed by atoms with Gasteiger partial charge >= 0.3 is 12.4 Å². The topological polar surface area (TPSA) is 0 Å². The summed E-state index contributed by atoms with van der Waals surface area (Å²) in [6.07, 6.45) is -11.5. The second kappa shape index (κ2) is 10.2. The highest BCUT2D eigenvalue weighted by Gasteiger charge is 2.44. The van der Waals surface area contributed by atoms with Crippen molar-refractivity contribution >= 4 is 43.1 Å². The van der Waals surface area contributed by atoms with Gasteiger partial charge in [0.15, 0.2) is 46.5 Å². The molecule has 0 aliphatic carbocycles. The van der Waals surface area contributed by atoms with Crippen LogP contribution in [0.15, 0.2) is 60.7 Å². The zero-order valence-electron chi connectivity index (χ0n) is 23.1. The van der Waals surface area contributed by atoms with Crippen LogP contribution in [0.5, 0.6) is 0 Å². The Labute approximate surface area is 257 Å². The van der Waals surface area contributed by atoms with Crippen LogP contribution >= 0.6 is 0 Å². The molecule has 7 aromatic carbocycles. The molecule has 0 unspecified atom stereocenters. The first-order chi connectivity index (χ1) is 22.5. The lowest BCUT2D eigenvalue weighted by atomic mass is 9.85. The lowest BCUT2D eigenvalue weighted by molar-refractivity contribution is -0.144. The summed E-state index contributed by atoms with van der Waals surface area (Å²) in [6, 6.07) is 12.6. The van der Waals surface area contributed by atoms with Crippen molar-refractivity contribution in [3.8, 4) is 22.3 Å². The van der Waals surface area contributed by atoms with E-state index in [1.165, 1.54) is 48.5 Å². The fourth-order valence-electron chi connectivity index (χ4n) is 6.38. The van der Waals surface area contributed by atoms with E-state index in [0.29, 0.717) is 0 Å². The van der Waals surface area contributed by atoms with E-state index in [0.717, 1.165) is 12.1 Å². The first-order valence-electron chi connectivity index (χ1n) is 13.5. The lowest BCUT2D eigenvalue weighted by Crippen LogP contribution is -2.16. The van der Waals surface area contributed by atoms with Crippen LogP contribution in [0.25, 0.3) is 65.3 Å². The van der Waals surface area contributed by atoms with E-state index in [9.17, 15) is 43.9 Å². The molecular formula is C34H10F14. The molecule has 0 radical (unpaired) electrons.